The lowest BCUT2D eigenvalue weighted by Crippen LogP contribution is -2.03. The Kier molecular flexibility index (Phi) is 6.14. The van der Waals surface area contributed by atoms with Crippen LogP contribution in [0.4, 0.5) is 0 Å². The molecule has 4 aromatic carbocycles. The first-order chi connectivity index (χ1) is 14.8. The highest BCUT2D eigenvalue weighted by atomic mass is 16.5. The normalized spacial score (nSPS) is 10.6. The summed E-state index contributed by atoms with van der Waals surface area (Å²) in [6.45, 7) is 2.68. The first kappa shape index (κ1) is 19.8. The van der Waals surface area contributed by atoms with Crippen LogP contribution in [0.5, 0.6) is 11.5 Å². The molecular formula is C28H26O2. The molecule has 0 atom stereocenters. The maximum absolute atomic E-state index is 6.45. The quantitative estimate of drug-likeness (QED) is 0.331. The molecule has 0 aliphatic carbocycles. The summed E-state index contributed by atoms with van der Waals surface area (Å²) in [6, 6.07) is 33.2. The van der Waals surface area contributed by atoms with Gasteiger partial charge in [0.1, 0.15) is 18.1 Å². The molecule has 30 heavy (non-hydrogen) atoms. The summed E-state index contributed by atoms with van der Waals surface area (Å²) in [5.74, 6) is 1.73. The molecule has 4 aromatic rings. The van der Waals surface area contributed by atoms with Crippen LogP contribution in [-0.2, 0) is 13.0 Å². The number of benzene rings is 4. The summed E-state index contributed by atoms with van der Waals surface area (Å²) >= 11 is 0. The second-order valence-corrected chi connectivity index (χ2v) is 7.18. The van der Waals surface area contributed by atoms with E-state index in [-0.39, 0.29) is 0 Å². The molecule has 0 amide bonds. The average molecular weight is 395 g/mol. The number of aryl methyl sites for hydroxylation is 1. The highest BCUT2D eigenvalue weighted by Gasteiger charge is 2.22. The van der Waals surface area contributed by atoms with Gasteiger partial charge in [0.25, 0.3) is 0 Å². The summed E-state index contributed by atoms with van der Waals surface area (Å²) in [7, 11) is 1.74. The fraction of sp³-hybridized carbons (Fsp3) is 0.143. The van der Waals surface area contributed by atoms with Crippen molar-refractivity contribution < 1.29 is 9.47 Å². The van der Waals surface area contributed by atoms with Gasteiger partial charge in [-0.05, 0) is 34.7 Å². The van der Waals surface area contributed by atoms with E-state index in [9.17, 15) is 0 Å². The monoisotopic (exact) mass is 394 g/mol. The van der Waals surface area contributed by atoms with Gasteiger partial charge in [0, 0.05) is 5.56 Å². The Hall–Kier alpha value is -3.52. The summed E-state index contributed by atoms with van der Waals surface area (Å²) < 4.78 is 12.5. The van der Waals surface area contributed by atoms with E-state index in [1.165, 1.54) is 5.56 Å². The number of hydrogen-bond acceptors (Lipinski definition) is 2. The zero-order valence-electron chi connectivity index (χ0n) is 17.5. The predicted octanol–water partition coefficient (Wildman–Crippen LogP) is 7.17. The van der Waals surface area contributed by atoms with Gasteiger partial charge in [-0.25, -0.2) is 0 Å². The summed E-state index contributed by atoms with van der Waals surface area (Å²) in [5.41, 5.74) is 6.63. The fourth-order valence-corrected chi connectivity index (χ4v) is 3.77. The molecule has 2 nitrogen and oxygen atoms in total. The highest BCUT2D eigenvalue weighted by molar-refractivity contribution is 5.88. The molecule has 0 unspecified atom stereocenters. The van der Waals surface area contributed by atoms with Crippen molar-refractivity contribution >= 4 is 0 Å². The zero-order valence-corrected chi connectivity index (χ0v) is 17.5. The lowest BCUT2D eigenvalue weighted by molar-refractivity contribution is 0.302. The zero-order chi connectivity index (χ0) is 20.8. The van der Waals surface area contributed by atoms with Crippen LogP contribution in [0, 0.1) is 0 Å². The summed E-state index contributed by atoms with van der Waals surface area (Å²) in [6.07, 6.45) is 0.869. The van der Waals surface area contributed by atoms with Gasteiger partial charge >= 0.3 is 0 Å². The van der Waals surface area contributed by atoms with Gasteiger partial charge in [-0.2, -0.15) is 0 Å². The van der Waals surface area contributed by atoms with Crippen LogP contribution in [-0.4, -0.2) is 7.11 Å². The second-order valence-electron chi connectivity index (χ2n) is 7.18. The van der Waals surface area contributed by atoms with E-state index < -0.39 is 0 Å². The Balaban J connectivity index is 1.91. The molecular weight excluding hydrogens is 368 g/mol. The minimum atomic E-state index is 0.515. The van der Waals surface area contributed by atoms with Crippen molar-refractivity contribution in [2.45, 2.75) is 20.0 Å². The third-order valence-electron chi connectivity index (χ3n) is 5.27. The van der Waals surface area contributed by atoms with E-state index in [1.807, 2.05) is 30.3 Å². The maximum Gasteiger partial charge on any atom is 0.138 e. The van der Waals surface area contributed by atoms with Gasteiger partial charge in [-0.15, -0.1) is 0 Å². The van der Waals surface area contributed by atoms with E-state index in [4.69, 9.17) is 9.47 Å². The molecule has 0 aromatic heterocycles. The van der Waals surface area contributed by atoms with Gasteiger partial charge in [0.05, 0.1) is 12.7 Å². The first-order valence-electron chi connectivity index (χ1n) is 10.3. The third kappa shape index (κ3) is 4.08. The van der Waals surface area contributed by atoms with E-state index in [2.05, 4.69) is 73.7 Å². The average Bonchev–Trinajstić information content (AvgIpc) is 2.83. The molecule has 0 fully saturated rings. The molecule has 0 bridgehead atoms. The van der Waals surface area contributed by atoms with Crippen molar-refractivity contribution in [1.82, 2.24) is 0 Å². The standard InChI is InChI=1S/C28H26O2/c1-3-22-19-25(23-15-9-5-10-16-23)28(29-2)26(24-17-11-6-12-18-24)27(22)30-20-21-13-7-4-8-14-21/h4-19H,3,20H2,1-2H3. The molecule has 0 saturated heterocycles. The Bertz CT molecular complexity index is 1090. The van der Waals surface area contributed by atoms with E-state index in [0.717, 1.165) is 45.7 Å². The lowest BCUT2D eigenvalue weighted by atomic mass is 9.92. The van der Waals surface area contributed by atoms with E-state index in [1.54, 1.807) is 7.11 Å². The largest absolute Gasteiger partial charge is 0.495 e. The minimum absolute atomic E-state index is 0.515. The molecule has 150 valence electrons. The number of methoxy groups -OCH3 is 1. The number of ether oxygens (including phenoxy) is 2. The van der Waals surface area contributed by atoms with Crippen LogP contribution in [0.1, 0.15) is 18.1 Å². The Morgan fingerprint density at radius 1 is 0.667 bits per heavy atom. The molecule has 2 heteroatoms. The number of rotatable bonds is 7. The fourth-order valence-electron chi connectivity index (χ4n) is 3.77. The van der Waals surface area contributed by atoms with E-state index in [0.29, 0.717) is 6.61 Å². The third-order valence-corrected chi connectivity index (χ3v) is 5.27. The second kappa shape index (κ2) is 9.32. The van der Waals surface area contributed by atoms with Gasteiger partial charge in [0.2, 0.25) is 0 Å². The van der Waals surface area contributed by atoms with Gasteiger partial charge in [-0.1, -0.05) is 97.9 Å². The van der Waals surface area contributed by atoms with Crippen LogP contribution in [0.2, 0.25) is 0 Å². The van der Waals surface area contributed by atoms with Gasteiger partial charge in [0.15, 0.2) is 0 Å². The molecule has 0 spiro atoms. The van der Waals surface area contributed by atoms with Crippen molar-refractivity contribution in [3.05, 3.63) is 108 Å². The molecule has 0 radical (unpaired) electrons. The first-order valence-corrected chi connectivity index (χ1v) is 10.3. The van der Waals surface area contributed by atoms with Crippen LogP contribution >= 0.6 is 0 Å². The van der Waals surface area contributed by atoms with Crippen LogP contribution in [0.15, 0.2) is 97.1 Å². The summed E-state index contributed by atoms with van der Waals surface area (Å²) in [5, 5.41) is 0. The topological polar surface area (TPSA) is 18.5 Å². The smallest absolute Gasteiger partial charge is 0.138 e. The van der Waals surface area contributed by atoms with Gasteiger partial charge in [-0.3, -0.25) is 0 Å². The predicted molar refractivity (Wildman–Crippen MR) is 124 cm³/mol. The van der Waals surface area contributed by atoms with Crippen molar-refractivity contribution in [1.29, 1.82) is 0 Å². The Morgan fingerprint density at radius 3 is 1.80 bits per heavy atom. The minimum Gasteiger partial charge on any atom is -0.495 e. The molecule has 0 aliphatic rings. The van der Waals surface area contributed by atoms with Crippen molar-refractivity contribution in [3.8, 4) is 33.8 Å². The molecule has 0 N–H and O–H groups in total. The molecule has 0 saturated carbocycles. The van der Waals surface area contributed by atoms with Crippen LogP contribution in [0.25, 0.3) is 22.3 Å². The van der Waals surface area contributed by atoms with Gasteiger partial charge < -0.3 is 9.47 Å². The van der Waals surface area contributed by atoms with Crippen molar-refractivity contribution in [3.63, 3.8) is 0 Å². The Labute approximate surface area is 178 Å². The highest BCUT2D eigenvalue weighted by Crippen LogP contribution is 2.47. The lowest BCUT2D eigenvalue weighted by Gasteiger charge is -2.22. The van der Waals surface area contributed by atoms with Crippen molar-refractivity contribution in [2.24, 2.45) is 0 Å². The van der Waals surface area contributed by atoms with Crippen molar-refractivity contribution in [2.75, 3.05) is 7.11 Å². The maximum atomic E-state index is 6.45. The Morgan fingerprint density at radius 2 is 1.23 bits per heavy atom. The molecule has 0 aliphatic heterocycles. The number of hydrogen-bond donors (Lipinski definition) is 0. The SMILES string of the molecule is CCc1cc(-c2ccccc2)c(OC)c(-c2ccccc2)c1OCc1ccccc1. The molecule has 0 heterocycles. The summed E-state index contributed by atoms with van der Waals surface area (Å²) in [4.78, 5) is 0. The van der Waals surface area contributed by atoms with E-state index >= 15 is 0 Å². The molecule has 4 rings (SSSR count). The van der Waals surface area contributed by atoms with Crippen LogP contribution < -0.4 is 9.47 Å². The van der Waals surface area contributed by atoms with Crippen LogP contribution in [0.3, 0.4) is 0 Å².